The zero-order valence-electron chi connectivity index (χ0n) is 12.6. The first-order valence-corrected chi connectivity index (χ1v) is 7.30. The maximum absolute atomic E-state index is 11.6. The minimum absolute atomic E-state index is 0.428. The van der Waals surface area contributed by atoms with Crippen LogP contribution in [0, 0.1) is 6.92 Å². The molecule has 0 bridgehead atoms. The van der Waals surface area contributed by atoms with Gasteiger partial charge in [-0.05, 0) is 31.7 Å². The number of unbranched alkanes of at least 4 members (excludes halogenated alkanes) is 1. The monoisotopic (exact) mass is 296 g/mol. The second kappa shape index (κ2) is 8.99. The third-order valence-corrected chi connectivity index (χ3v) is 3.29. The van der Waals surface area contributed by atoms with Gasteiger partial charge in [0.2, 0.25) is 0 Å². The topological polar surface area (TPSA) is 107 Å². The molecular weight excluding hydrogens is 272 g/mol. The number of carbonyl (C=O) groups is 2. The number of carboxylic acid groups (broad SMARTS) is 1. The van der Waals surface area contributed by atoms with E-state index in [1.807, 2.05) is 13.8 Å². The molecule has 0 aliphatic heterocycles. The second-order valence-corrected chi connectivity index (χ2v) is 5.06. The Labute approximate surface area is 124 Å². The lowest BCUT2D eigenvalue weighted by Gasteiger charge is -2.14. The van der Waals surface area contributed by atoms with E-state index in [2.05, 4.69) is 20.8 Å². The Morgan fingerprint density at radius 1 is 1.43 bits per heavy atom. The van der Waals surface area contributed by atoms with Crippen molar-refractivity contribution in [2.24, 2.45) is 0 Å². The van der Waals surface area contributed by atoms with Crippen molar-refractivity contribution >= 4 is 12.0 Å². The molecule has 1 atom stereocenters. The molecule has 0 unspecified atom stereocenters. The maximum atomic E-state index is 11.6. The number of nitrogens with one attached hydrogen (secondary N) is 3. The van der Waals surface area contributed by atoms with Gasteiger partial charge in [0.05, 0.1) is 6.20 Å². The van der Waals surface area contributed by atoms with Gasteiger partial charge in [0.15, 0.2) is 0 Å². The van der Waals surface area contributed by atoms with E-state index in [4.69, 9.17) is 5.11 Å². The number of H-pyrrole nitrogens is 1. The van der Waals surface area contributed by atoms with Crippen LogP contribution in [0.15, 0.2) is 6.20 Å². The van der Waals surface area contributed by atoms with Crippen LogP contribution in [0.2, 0.25) is 0 Å². The highest BCUT2D eigenvalue weighted by atomic mass is 16.4. The van der Waals surface area contributed by atoms with Gasteiger partial charge in [0.1, 0.15) is 6.04 Å². The molecule has 0 saturated heterocycles. The largest absolute Gasteiger partial charge is 0.480 e. The van der Waals surface area contributed by atoms with E-state index in [0.717, 1.165) is 36.9 Å². The average Bonchev–Trinajstić information content (AvgIpc) is 2.84. The molecule has 4 N–H and O–H groups in total. The van der Waals surface area contributed by atoms with E-state index in [9.17, 15) is 9.59 Å². The molecule has 0 saturated carbocycles. The average molecular weight is 296 g/mol. The predicted octanol–water partition coefficient (Wildman–Crippen LogP) is 1.59. The summed E-state index contributed by atoms with van der Waals surface area (Å²) in [6.45, 7) is 4.43. The van der Waals surface area contributed by atoms with Gasteiger partial charge in [0.25, 0.3) is 0 Å². The summed E-state index contributed by atoms with van der Waals surface area (Å²) in [5.74, 6) is -0.993. The normalized spacial score (nSPS) is 11.9. The third-order valence-electron chi connectivity index (χ3n) is 3.29. The first-order valence-electron chi connectivity index (χ1n) is 7.30. The van der Waals surface area contributed by atoms with Gasteiger partial charge in [-0.25, -0.2) is 9.59 Å². The van der Waals surface area contributed by atoms with Crippen molar-refractivity contribution in [2.45, 2.75) is 52.0 Å². The molecule has 7 heteroatoms. The maximum Gasteiger partial charge on any atom is 0.326 e. The van der Waals surface area contributed by atoms with Crippen LogP contribution in [-0.2, 0) is 11.2 Å². The molecule has 0 fully saturated rings. The molecule has 0 aromatic carbocycles. The van der Waals surface area contributed by atoms with Gasteiger partial charge in [-0.1, -0.05) is 19.8 Å². The number of hydrogen-bond donors (Lipinski definition) is 4. The van der Waals surface area contributed by atoms with E-state index in [-0.39, 0.29) is 0 Å². The molecule has 1 rings (SSSR count). The van der Waals surface area contributed by atoms with Crippen molar-refractivity contribution in [1.82, 2.24) is 20.8 Å². The summed E-state index contributed by atoms with van der Waals surface area (Å²) in [4.78, 5) is 22.7. The Kier molecular flexibility index (Phi) is 7.28. The zero-order valence-corrected chi connectivity index (χ0v) is 12.6. The molecule has 118 valence electrons. The fourth-order valence-corrected chi connectivity index (χ4v) is 1.98. The van der Waals surface area contributed by atoms with Crippen molar-refractivity contribution in [2.75, 3.05) is 6.54 Å². The molecule has 1 aromatic heterocycles. The molecule has 0 aliphatic rings. The third kappa shape index (κ3) is 6.29. The first-order chi connectivity index (χ1) is 10.0. The first kappa shape index (κ1) is 17.0. The highest BCUT2D eigenvalue weighted by Crippen LogP contribution is 2.05. The van der Waals surface area contributed by atoms with Gasteiger partial charge < -0.3 is 15.7 Å². The van der Waals surface area contributed by atoms with Crippen LogP contribution in [0.1, 0.15) is 43.9 Å². The number of nitrogens with zero attached hydrogens (tertiary/aromatic N) is 1. The van der Waals surface area contributed by atoms with E-state index in [1.165, 1.54) is 0 Å². The highest BCUT2D eigenvalue weighted by Gasteiger charge is 2.18. The number of aliphatic carboxylic acids is 1. The summed E-state index contributed by atoms with van der Waals surface area (Å²) in [6, 6.07) is -1.25. The zero-order chi connectivity index (χ0) is 15.7. The van der Waals surface area contributed by atoms with E-state index in [1.54, 1.807) is 6.20 Å². The summed E-state index contributed by atoms with van der Waals surface area (Å²) < 4.78 is 0. The number of aryl methyl sites for hydroxylation is 2. The van der Waals surface area contributed by atoms with Gasteiger partial charge in [-0.15, -0.1) is 0 Å². The van der Waals surface area contributed by atoms with Crippen LogP contribution in [0.4, 0.5) is 4.79 Å². The number of amides is 2. The highest BCUT2D eigenvalue weighted by molar-refractivity contribution is 5.82. The van der Waals surface area contributed by atoms with Gasteiger partial charge in [0, 0.05) is 12.2 Å². The number of hydrogen-bond acceptors (Lipinski definition) is 3. The SMILES string of the molecule is CCCC[C@H](NC(=O)NCCCc1cn[nH]c1C)C(=O)O. The molecule has 1 aromatic rings. The fourth-order valence-electron chi connectivity index (χ4n) is 1.98. The smallest absolute Gasteiger partial charge is 0.326 e. The van der Waals surface area contributed by atoms with Crippen LogP contribution >= 0.6 is 0 Å². The molecule has 7 nitrogen and oxygen atoms in total. The lowest BCUT2D eigenvalue weighted by Crippen LogP contribution is -2.46. The lowest BCUT2D eigenvalue weighted by molar-refractivity contribution is -0.139. The molecule has 21 heavy (non-hydrogen) atoms. The Balaban J connectivity index is 2.23. The van der Waals surface area contributed by atoms with Gasteiger partial charge in [-0.3, -0.25) is 5.10 Å². The Hall–Kier alpha value is -2.05. The van der Waals surface area contributed by atoms with Crippen molar-refractivity contribution < 1.29 is 14.7 Å². The van der Waals surface area contributed by atoms with Crippen LogP contribution in [0.5, 0.6) is 0 Å². The van der Waals surface area contributed by atoms with E-state index < -0.39 is 18.0 Å². The van der Waals surface area contributed by atoms with Crippen LogP contribution < -0.4 is 10.6 Å². The summed E-state index contributed by atoms with van der Waals surface area (Å²) in [6.07, 6.45) is 5.50. The minimum atomic E-state index is -0.993. The van der Waals surface area contributed by atoms with Gasteiger partial charge in [-0.2, -0.15) is 5.10 Å². The molecule has 2 amide bonds. The molecule has 0 radical (unpaired) electrons. The second-order valence-electron chi connectivity index (χ2n) is 5.06. The van der Waals surface area contributed by atoms with Crippen LogP contribution in [0.25, 0.3) is 0 Å². The Bertz CT molecular complexity index is 459. The Morgan fingerprint density at radius 3 is 2.76 bits per heavy atom. The Morgan fingerprint density at radius 2 is 2.19 bits per heavy atom. The number of carboxylic acids is 1. The fraction of sp³-hybridized carbons (Fsp3) is 0.643. The summed E-state index contributed by atoms with van der Waals surface area (Å²) in [5.41, 5.74) is 2.16. The van der Waals surface area contributed by atoms with Gasteiger partial charge >= 0.3 is 12.0 Å². The van der Waals surface area contributed by atoms with Crippen LogP contribution in [0.3, 0.4) is 0 Å². The number of aromatic amines is 1. The molecular formula is C14H24N4O3. The number of rotatable bonds is 9. The van der Waals surface area contributed by atoms with E-state index in [0.29, 0.717) is 13.0 Å². The number of aromatic nitrogens is 2. The van der Waals surface area contributed by atoms with Crippen molar-refractivity contribution in [1.29, 1.82) is 0 Å². The number of carbonyl (C=O) groups excluding carboxylic acids is 1. The quantitative estimate of drug-likeness (QED) is 0.519. The van der Waals surface area contributed by atoms with Crippen molar-refractivity contribution in [3.63, 3.8) is 0 Å². The molecule has 0 aliphatic carbocycles. The van der Waals surface area contributed by atoms with Crippen molar-refractivity contribution in [3.8, 4) is 0 Å². The number of urea groups is 1. The summed E-state index contributed by atoms with van der Waals surface area (Å²) >= 11 is 0. The lowest BCUT2D eigenvalue weighted by atomic mass is 10.1. The molecule has 0 spiro atoms. The minimum Gasteiger partial charge on any atom is -0.480 e. The van der Waals surface area contributed by atoms with Crippen molar-refractivity contribution in [3.05, 3.63) is 17.5 Å². The standard InChI is InChI=1S/C14H24N4O3/c1-3-4-7-12(13(19)20)17-14(21)15-8-5-6-11-9-16-18-10(11)2/h9,12H,3-8H2,1-2H3,(H,16,18)(H,19,20)(H2,15,17,21)/t12-/m0/s1. The predicted molar refractivity (Wildman–Crippen MR) is 79.1 cm³/mol. The van der Waals surface area contributed by atoms with E-state index >= 15 is 0 Å². The summed E-state index contributed by atoms with van der Waals surface area (Å²) in [5, 5.41) is 21.0. The van der Waals surface area contributed by atoms with Crippen LogP contribution in [-0.4, -0.2) is 39.9 Å². The molecule has 1 heterocycles. The summed E-state index contributed by atoms with van der Waals surface area (Å²) in [7, 11) is 0.